The van der Waals surface area contributed by atoms with Crippen molar-refractivity contribution >= 4 is 17.9 Å². The molecular weight excluding hydrogens is 260 g/mol. The Bertz CT molecular complexity index is 574. The Hall–Kier alpha value is -1.80. The van der Waals surface area contributed by atoms with Gasteiger partial charge >= 0.3 is 0 Å². The quantitative estimate of drug-likeness (QED) is 0.728. The van der Waals surface area contributed by atoms with Gasteiger partial charge in [0.25, 0.3) is 0 Å². The molecule has 0 aromatic heterocycles. The third kappa shape index (κ3) is 3.36. The second-order valence-electron chi connectivity index (χ2n) is 4.63. The van der Waals surface area contributed by atoms with E-state index in [1.54, 1.807) is 18.2 Å². The van der Waals surface area contributed by atoms with Crippen LogP contribution in [-0.4, -0.2) is 6.29 Å². The Balaban J connectivity index is 2.16. The summed E-state index contributed by atoms with van der Waals surface area (Å²) >= 11 is 5.95. The first-order valence-electron chi connectivity index (χ1n) is 6.12. The molecule has 0 atom stereocenters. The number of ether oxygens (including phenoxy) is 1. The van der Waals surface area contributed by atoms with Crippen LogP contribution in [0.5, 0.6) is 11.5 Å². The van der Waals surface area contributed by atoms with Gasteiger partial charge in [-0.1, -0.05) is 37.6 Å². The van der Waals surface area contributed by atoms with Crippen molar-refractivity contribution in [3.05, 3.63) is 58.6 Å². The lowest BCUT2D eigenvalue weighted by atomic mass is 10.0. The molecule has 0 aliphatic carbocycles. The molecular formula is C16H15ClO2. The van der Waals surface area contributed by atoms with Crippen molar-refractivity contribution in [1.29, 1.82) is 0 Å². The minimum absolute atomic E-state index is 0.395. The van der Waals surface area contributed by atoms with Gasteiger partial charge in [-0.25, -0.2) is 0 Å². The molecule has 0 amide bonds. The van der Waals surface area contributed by atoms with E-state index in [9.17, 15) is 4.79 Å². The van der Waals surface area contributed by atoms with Gasteiger partial charge in [-0.05, 0) is 35.7 Å². The van der Waals surface area contributed by atoms with Gasteiger partial charge in [-0.2, -0.15) is 0 Å². The monoisotopic (exact) mass is 274 g/mol. The van der Waals surface area contributed by atoms with Gasteiger partial charge in [-0.3, -0.25) is 4.79 Å². The van der Waals surface area contributed by atoms with E-state index in [-0.39, 0.29) is 0 Å². The first-order chi connectivity index (χ1) is 9.10. The van der Waals surface area contributed by atoms with Crippen LogP contribution in [-0.2, 0) is 0 Å². The summed E-state index contributed by atoms with van der Waals surface area (Å²) in [7, 11) is 0. The highest BCUT2D eigenvalue weighted by molar-refractivity contribution is 6.33. The van der Waals surface area contributed by atoms with Crippen molar-refractivity contribution < 1.29 is 9.53 Å². The lowest BCUT2D eigenvalue weighted by Crippen LogP contribution is -1.89. The summed E-state index contributed by atoms with van der Waals surface area (Å²) in [5.74, 6) is 1.86. The second-order valence-corrected chi connectivity index (χ2v) is 5.03. The van der Waals surface area contributed by atoms with Crippen molar-refractivity contribution in [2.45, 2.75) is 19.8 Å². The van der Waals surface area contributed by atoms with Gasteiger partial charge in [-0.15, -0.1) is 0 Å². The first kappa shape index (κ1) is 13.6. The highest BCUT2D eigenvalue weighted by atomic mass is 35.5. The first-order valence-corrected chi connectivity index (χ1v) is 6.50. The standard InChI is InChI=1S/C16H15ClO2/c1-11(2)12-3-6-14(7-4-12)19-15-8-5-13(10-18)16(17)9-15/h3-11H,1-2H3. The maximum absolute atomic E-state index is 10.7. The SMILES string of the molecule is CC(C)c1ccc(Oc2ccc(C=O)c(Cl)c2)cc1. The van der Waals surface area contributed by atoms with Gasteiger partial charge in [0, 0.05) is 11.6 Å². The molecule has 0 fully saturated rings. The zero-order valence-electron chi connectivity index (χ0n) is 10.9. The summed E-state index contributed by atoms with van der Waals surface area (Å²) in [6, 6.07) is 13.0. The topological polar surface area (TPSA) is 26.3 Å². The van der Waals surface area contributed by atoms with Crippen LogP contribution in [0.4, 0.5) is 0 Å². The van der Waals surface area contributed by atoms with E-state index in [2.05, 4.69) is 13.8 Å². The van der Waals surface area contributed by atoms with Gasteiger partial charge in [0.1, 0.15) is 11.5 Å². The molecule has 0 bridgehead atoms. The minimum Gasteiger partial charge on any atom is -0.457 e. The molecule has 0 saturated carbocycles. The fourth-order valence-electron chi connectivity index (χ4n) is 1.72. The molecule has 0 heterocycles. The van der Waals surface area contributed by atoms with Gasteiger partial charge in [0.05, 0.1) is 5.02 Å². The Morgan fingerprint density at radius 1 is 1.05 bits per heavy atom. The zero-order valence-corrected chi connectivity index (χ0v) is 11.6. The Labute approximate surface area is 118 Å². The van der Waals surface area contributed by atoms with Gasteiger partial charge in [0.2, 0.25) is 0 Å². The van der Waals surface area contributed by atoms with Gasteiger partial charge in [0.15, 0.2) is 6.29 Å². The van der Waals surface area contributed by atoms with E-state index in [4.69, 9.17) is 16.3 Å². The Morgan fingerprint density at radius 3 is 2.21 bits per heavy atom. The van der Waals surface area contributed by atoms with Crippen LogP contribution in [0.1, 0.15) is 35.7 Å². The van der Waals surface area contributed by atoms with Crippen LogP contribution < -0.4 is 4.74 Å². The predicted molar refractivity (Wildman–Crippen MR) is 77.4 cm³/mol. The highest BCUT2D eigenvalue weighted by Gasteiger charge is 2.04. The molecule has 0 aliphatic rings. The molecule has 0 N–H and O–H groups in total. The maximum Gasteiger partial charge on any atom is 0.151 e. The molecule has 98 valence electrons. The molecule has 0 spiro atoms. The molecule has 2 nitrogen and oxygen atoms in total. The zero-order chi connectivity index (χ0) is 13.8. The van der Waals surface area contributed by atoms with Crippen molar-refractivity contribution in [3.63, 3.8) is 0 Å². The third-order valence-electron chi connectivity index (χ3n) is 2.88. The lowest BCUT2D eigenvalue weighted by Gasteiger charge is -2.09. The molecule has 2 aromatic rings. The fraction of sp³-hybridized carbons (Fsp3) is 0.188. The average molecular weight is 275 g/mol. The number of halogens is 1. The van der Waals surface area contributed by atoms with Gasteiger partial charge < -0.3 is 4.74 Å². The van der Waals surface area contributed by atoms with Crippen molar-refractivity contribution in [3.8, 4) is 11.5 Å². The van der Waals surface area contributed by atoms with Crippen molar-refractivity contribution in [2.75, 3.05) is 0 Å². The summed E-state index contributed by atoms with van der Waals surface area (Å²) in [6.45, 7) is 4.29. The molecule has 19 heavy (non-hydrogen) atoms. The smallest absolute Gasteiger partial charge is 0.151 e. The predicted octanol–water partition coefficient (Wildman–Crippen LogP) is 5.07. The number of carbonyl (C=O) groups is 1. The maximum atomic E-state index is 10.7. The van der Waals surface area contributed by atoms with E-state index < -0.39 is 0 Å². The average Bonchev–Trinajstić information content (AvgIpc) is 2.39. The normalized spacial score (nSPS) is 10.5. The van der Waals surface area contributed by atoms with E-state index >= 15 is 0 Å². The Morgan fingerprint density at radius 2 is 1.68 bits per heavy atom. The van der Waals surface area contributed by atoms with Crippen LogP contribution in [0, 0.1) is 0 Å². The van der Waals surface area contributed by atoms with Crippen LogP contribution >= 0.6 is 11.6 Å². The molecule has 2 aromatic carbocycles. The van der Waals surface area contributed by atoms with Crippen LogP contribution in [0.15, 0.2) is 42.5 Å². The molecule has 0 radical (unpaired) electrons. The lowest BCUT2D eigenvalue weighted by molar-refractivity contribution is 0.112. The van der Waals surface area contributed by atoms with Crippen molar-refractivity contribution in [2.24, 2.45) is 0 Å². The third-order valence-corrected chi connectivity index (χ3v) is 3.21. The minimum atomic E-state index is 0.395. The molecule has 0 saturated heterocycles. The number of aldehydes is 1. The molecule has 0 aliphatic heterocycles. The number of benzene rings is 2. The highest BCUT2D eigenvalue weighted by Crippen LogP contribution is 2.27. The summed E-state index contributed by atoms with van der Waals surface area (Å²) in [5, 5.41) is 0.395. The molecule has 0 unspecified atom stereocenters. The van der Waals surface area contributed by atoms with Crippen LogP contribution in [0.3, 0.4) is 0 Å². The summed E-state index contributed by atoms with van der Waals surface area (Å²) in [5.41, 5.74) is 1.73. The van der Waals surface area contributed by atoms with E-state index in [0.29, 0.717) is 22.3 Å². The number of rotatable bonds is 4. The largest absolute Gasteiger partial charge is 0.457 e. The molecule has 3 heteroatoms. The van der Waals surface area contributed by atoms with E-state index in [0.717, 1.165) is 12.0 Å². The summed E-state index contributed by atoms with van der Waals surface area (Å²) < 4.78 is 5.69. The number of hydrogen-bond donors (Lipinski definition) is 0. The van der Waals surface area contributed by atoms with E-state index in [1.807, 2.05) is 24.3 Å². The van der Waals surface area contributed by atoms with Crippen molar-refractivity contribution in [1.82, 2.24) is 0 Å². The van der Waals surface area contributed by atoms with Crippen LogP contribution in [0.2, 0.25) is 5.02 Å². The summed E-state index contributed by atoms with van der Waals surface area (Å²) in [6.07, 6.45) is 0.726. The number of hydrogen-bond acceptors (Lipinski definition) is 2. The van der Waals surface area contributed by atoms with Crippen LogP contribution in [0.25, 0.3) is 0 Å². The van der Waals surface area contributed by atoms with E-state index in [1.165, 1.54) is 5.56 Å². The Kier molecular flexibility index (Phi) is 4.23. The fourth-order valence-corrected chi connectivity index (χ4v) is 1.94. The molecule has 2 rings (SSSR count). The number of carbonyl (C=O) groups excluding carboxylic acids is 1. The summed E-state index contributed by atoms with van der Waals surface area (Å²) in [4.78, 5) is 10.7. The second kappa shape index (κ2) is 5.89.